The minimum atomic E-state index is -2.41. The number of hydrogen-bond acceptors (Lipinski definition) is 10. The molecule has 1 unspecified atom stereocenters. The molecular formula is C18H15Cl3N4O9S. The number of aliphatic carboxylic acids is 1. The van der Waals surface area contributed by atoms with Crippen molar-refractivity contribution in [2.45, 2.75) is 15.2 Å². The maximum Gasteiger partial charge on any atom is 0.414 e. The van der Waals surface area contributed by atoms with Gasteiger partial charge in [0.1, 0.15) is 30.8 Å². The number of nitrogens with one attached hydrogen (secondary N) is 2. The van der Waals surface area contributed by atoms with Gasteiger partial charge in [0.15, 0.2) is 5.76 Å². The van der Waals surface area contributed by atoms with Crippen molar-refractivity contribution in [3.8, 4) is 0 Å². The third-order valence-corrected chi connectivity index (χ3v) is 6.39. The van der Waals surface area contributed by atoms with Crippen LogP contribution in [0.25, 0.3) is 0 Å². The Morgan fingerprint density at radius 2 is 2.06 bits per heavy atom. The summed E-state index contributed by atoms with van der Waals surface area (Å²) in [4.78, 5) is 66.2. The SMILES string of the molecule is CO/N=C(\C(=O)N[C@@H]1C(=O)N2C(C(=O)O)=C(COC(=O)NC(=O)C(Cl)(Cl)Cl)CSC12)c1ccco1. The molecule has 35 heavy (non-hydrogen) atoms. The van der Waals surface area contributed by atoms with Crippen LogP contribution in [0.3, 0.4) is 0 Å². The Kier molecular flexibility index (Phi) is 8.20. The molecule has 1 aromatic heterocycles. The number of furan rings is 1. The third kappa shape index (κ3) is 5.83. The minimum absolute atomic E-state index is 0.0331. The van der Waals surface area contributed by atoms with E-state index in [1.807, 2.05) is 0 Å². The first kappa shape index (κ1) is 26.7. The number of halogens is 3. The molecule has 3 heterocycles. The van der Waals surface area contributed by atoms with Gasteiger partial charge in [0, 0.05) is 11.3 Å². The van der Waals surface area contributed by atoms with Crippen molar-refractivity contribution in [1.29, 1.82) is 0 Å². The lowest BCUT2D eigenvalue weighted by Gasteiger charge is -2.49. The number of carbonyl (C=O) groups is 5. The second-order valence-corrected chi connectivity index (χ2v) is 10.1. The number of fused-ring (bicyclic) bond motifs is 1. The van der Waals surface area contributed by atoms with E-state index in [9.17, 15) is 29.1 Å². The van der Waals surface area contributed by atoms with Crippen molar-refractivity contribution in [2.75, 3.05) is 19.5 Å². The summed E-state index contributed by atoms with van der Waals surface area (Å²) < 4.78 is 7.56. The summed E-state index contributed by atoms with van der Waals surface area (Å²) >= 11 is 17.1. The number of imide groups is 1. The number of β-lactam (4-membered cyclic amide) rings is 1. The predicted octanol–water partition coefficient (Wildman–Crippen LogP) is 0.992. The Balaban J connectivity index is 1.69. The maximum absolute atomic E-state index is 12.7. The van der Waals surface area contributed by atoms with Crippen LogP contribution < -0.4 is 10.6 Å². The van der Waals surface area contributed by atoms with Crippen molar-refractivity contribution in [3.05, 3.63) is 35.4 Å². The van der Waals surface area contributed by atoms with Crippen LogP contribution in [0.1, 0.15) is 5.76 Å². The smallest absolute Gasteiger partial charge is 0.414 e. The van der Waals surface area contributed by atoms with Gasteiger partial charge in [0.2, 0.25) is 5.71 Å². The van der Waals surface area contributed by atoms with Gasteiger partial charge in [-0.05, 0) is 12.1 Å². The number of ether oxygens (including phenoxy) is 1. The summed E-state index contributed by atoms with van der Waals surface area (Å²) in [5, 5.41) is 16.7. The molecule has 3 rings (SSSR count). The maximum atomic E-state index is 12.7. The summed E-state index contributed by atoms with van der Waals surface area (Å²) in [6.07, 6.45) is 0.0379. The minimum Gasteiger partial charge on any atom is -0.477 e. The highest BCUT2D eigenvalue weighted by molar-refractivity contribution is 8.00. The number of carboxylic acids is 1. The number of nitrogens with zero attached hydrogens (tertiary/aromatic N) is 2. The first-order chi connectivity index (χ1) is 16.5. The van der Waals surface area contributed by atoms with Gasteiger partial charge in [-0.15, -0.1) is 11.8 Å². The fourth-order valence-corrected chi connectivity index (χ4v) is 4.53. The number of rotatable bonds is 7. The summed E-state index contributed by atoms with van der Waals surface area (Å²) in [5.41, 5.74) is -0.560. The second-order valence-electron chi connectivity index (χ2n) is 6.75. The number of amides is 4. The molecule has 0 saturated carbocycles. The van der Waals surface area contributed by atoms with Crippen LogP contribution in [0.5, 0.6) is 0 Å². The van der Waals surface area contributed by atoms with E-state index in [0.29, 0.717) is 0 Å². The van der Waals surface area contributed by atoms with Gasteiger partial charge >= 0.3 is 12.1 Å². The molecule has 0 aliphatic carbocycles. The van der Waals surface area contributed by atoms with Gasteiger partial charge in [0.05, 0.1) is 6.26 Å². The molecule has 188 valence electrons. The summed E-state index contributed by atoms with van der Waals surface area (Å²) in [5.74, 6) is -4.07. The van der Waals surface area contributed by atoms with Gasteiger partial charge < -0.3 is 24.4 Å². The van der Waals surface area contributed by atoms with E-state index in [-0.39, 0.29) is 22.8 Å². The zero-order valence-electron chi connectivity index (χ0n) is 17.5. The molecule has 0 radical (unpaired) electrons. The Morgan fingerprint density at radius 1 is 1.34 bits per heavy atom. The van der Waals surface area contributed by atoms with E-state index < -0.39 is 57.3 Å². The highest BCUT2D eigenvalue weighted by Gasteiger charge is 2.54. The van der Waals surface area contributed by atoms with Gasteiger partial charge in [-0.3, -0.25) is 24.6 Å². The molecule has 17 heteroatoms. The number of carbonyl (C=O) groups excluding carboxylic acids is 4. The average Bonchev–Trinajstić information content (AvgIpc) is 3.32. The molecule has 1 saturated heterocycles. The van der Waals surface area contributed by atoms with Gasteiger partial charge in [-0.2, -0.15) is 0 Å². The molecule has 0 bridgehead atoms. The van der Waals surface area contributed by atoms with E-state index >= 15 is 0 Å². The Bertz CT molecular complexity index is 1120. The third-order valence-electron chi connectivity index (χ3n) is 4.54. The van der Waals surface area contributed by atoms with Crippen molar-refractivity contribution < 1.29 is 43.1 Å². The van der Waals surface area contributed by atoms with Crippen LogP contribution in [0.2, 0.25) is 0 Å². The molecule has 1 fully saturated rings. The Hall–Kier alpha value is -2.94. The Labute approximate surface area is 215 Å². The number of carboxylic acid groups (broad SMARTS) is 1. The second kappa shape index (κ2) is 10.8. The lowest BCUT2D eigenvalue weighted by Crippen LogP contribution is -2.71. The van der Waals surface area contributed by atoms with E-state index in [2.05, 4.69) is 15.3 Å². The van der Waals surface area contributed by atoms with Crippen LogP contribution in [0.4, 0.5) is 4.79 Å². The van der Waals surface area contributed by atoms with E-state index in [1.165, 1.54) is 25.5 Å². The highest BCUT2D eigenvalue weighted by atomic mass is 35.6. The number of oxime groups is 1. The van der Waals surface area contributed by atoms with Crippen LogP contribution >= 0.6 is 46.6 Å². The van der Waals surface area contributed by atoms with Crippen molar-refractivity contribution >= 4 is 82.1 Å². The zero-order valence-corrected chi connectivity index (χ0v) is 20.5. The fraction of sp³-hybridized carbons (Fsp3) is 0.333. The lowest BCUT2D eigenvalue weighted by molar-refractivity contribution is -0.150. The summed E-state index contributed by atoms with van der Waals surface area (Å²) in [6.45, 7) is -0.565. The number of hydrogen-bond donors (Lipinski definition) is 3. The molecule has 2 aliphatic rings. The fourth-order valence-electron chi connectivity index (χ4n) is 3.06. The van der Waals surface area contributed by atoms with Crippen molar-refractivity contribution in [3.63, 3.8) is 0 Å². The molecule has 0 spiro atoms. The highest BCUT2D eigenvalue weighted by Crippen LogP contribution is 2.40. The van der Waals surface area contributed by atoms with Crippen molar-refractivity contribution in [1.82, 2.24) is 15.5 Å². The number of thioether (sulfide) groups is 1. The van der Waals surface area contributed by atoms with Crippen molar-refractivity contribution in [2.24, 2.45) is 5.16 Å². The predicted molar refractivity (Wildman–Crippen MR) is 122 cm³/mol. The monoisotopic (exact) mass is 568 g/mol. The molecule has 3 N–H and O–H groups in total. The van der Waals surface area contributed by atoms with E-state index in [0.717, 1.165) is 16.7 Å². The van der Waals surface area contributed by atoms with Crippen LogP contribution in [0, 0.1) is 0 Å². The van der Waals surface area contributed by atoms with E-state index in [4.69, 9.17) is 44.0 Å². The van der Waals surface area contributed by atoms with E-state index in [1.54, 1.807) is 5.32 Å². The summed E-state index contributed by atoms with van der Waals surface area (Å²) in [6, 6.07) is 1.94. The summed E-state index contributed by atoms with van der Waals surface area (Å²) in [7, 11) is 1.23. The van der Waals surface area contributed by atoms with Gasteiger partial charge in [0.25, 0.3) is 21.5 Å². The average molecular weight is 570 g/mol. The molecule has 1 aromatic rings. The van der Waals surface area contributed by atoms with Crippen LogP contribution in [-0.4, -0.2) is 80.2 Å². The topological polar surface area (TPSA) is 177 Å². The molecular weight excluding hydrogens is 555 g/mol. The number of alkyl carbamates (subject to hydrolysis) is 1. The van der Waals surface area contributed by atoms with Crippen LogP contribution in [-0.2, 0) is 28.8 Å². The lowest BCUT2D eigenvalue weighted by atomic mass is 10.0. The molecule has 13 nitrogen and oxygen atoms in total. The largest absolute Gasteiger partial charge is 0.477 e. The first-order valence-electron chi connectivity index (χ1n) is 9.36. The van der Waals surface area contributed by atoms with Gasteiger partial charge in [-0.25, -0.2) is 9.59 Å². The molecule has 2 atom stereocenters. The quantitative estimate of drug-likeness (QED) is 0.186. The first-order valence-corrected chi connectivity index (χ1v) is 11.5. The normalized spacial score (nSPS) is 19.9. The Morgan fingerprint density at radius 3 is 2.63 bits per heavy atom. The van der Waals surface area contributed by atoms with Gasteiger partial charge in [-0.1, -0.05) is 40.0 Å². The standard InChI is InChI=1S/C18H15Cl3N4O9S/c1-32-24-9(8-3-2-4-33-8)12(26)22-10-13(27)25-11(15(28)29)7(6-35-14(10)25)5-34-17(31)23-16(30)18(19,20)21/h2-4,10,14H,5-6H2,1H3,(H,22,26)(H,28,29)(H,23,30,31)/b24-9-/t10-,14?/m1/s1. The zero-order chi connectivity index (χ0) is 25.9. The molecule has 2 aliphatic heterocycles. The number of alkyl halides is 3. The molecule has 0 aromatic carbocycles. The molecule has 4 amide bonds. The van der Waals surface area contributed by atoms with Crippen LogP contribution in [0.15, 0.2) is 39.2 Å².